The molecule has 9 nitrogen and oxygen atoms in total. The number of hydrogen-bond donors (Lipinski definition) is 8. The summed E-state index contributed by atoms with van der Waals surface area (Å²) in [7, 11) is 1.37. The van der Waals surface area contributed by atoms with E-state index in [2.05, 4.69) is 0 Å². The second kappa shape index (κ2) is 11.8. The summed E-state index contributed by atoms with van der Waals surface area (Å²) < 4.78 is 6.31. The first-order valence-electron chi connectivity index (χ1n) is 17.0. The number of para-hydroxylation sites is 1. The van der Waals surface area contributed by atoms with Crippen LogP contribution in [0, 0.1) is 0 Å². The van der Waals surface area contributed by atoms with Crippen LogP contribution in [0.4, 0.5) is 0 Å². The molecule has 0 aliphatic heterocycles. The van der Waals surface area contributed by atoms with Gasteiger partial charge in [0.15, 0.2) is 46.0 Å². The molecule has 0 bridgehead atoms. The first kappa shape index (κ1) is 32.5. The third-order valence-corrected chi connectivity index (χ3v) is 10.3. The van der Waals surface area contributed by atoms with Crippen LogP contribution in [0.15, 0.2) is 120 Å². The summed E-state index contributed by atoms with van der Waals surface area (Å²) in [6, 6.07) is 33.6. The van der Waals surface area contributed by atoms with Gasteiger partial charge in [-0.2, -0.15) is 0 Å². The molecular weight excluding hydrogens is 683 g/mol. The highest BCUT2D eigenvalue weighted by Crippen LogP contribution is 2.59. The van der Waals surface area contributed by atoms with Crippen LogP contribution in [-0.4, -0.2) is 48.7 Å². The zero-order chi connectivity index (χ0) is 37.6. The second-order valence-corrected chi connectivity index (χ2v) is 13.2. The number of aromatic hydroxyl groups is 8. The van der Waals surface area contributed by atoms with Gasteiger partial charge < -0.3 is 45.3 Å². The van der Waals surface area contributed by atoms with Crippen molar-refractivity contribution in [1.29, 1.82) is 0 Å². The van der Waals surface area contributed by atoms with Crippen molar-refractivity contribution in [2.45, 2.75) is 0 Å². The summed E-state index contributed by atoms with van der Waals surface area (Å²) in [6.07, 6.45) is 0. The Morgan fingerprint density at radius 1 is 0.333 bits per heavy atom. The zero-order valence-corrected chi connectivity index (χ0v) is 28.5. The minimum Gasteiger partial charge on any atom is -0.505 e. The predicted octanol–water partition coefficient (Wildman–Crippen LogP) is 8.46. The molecule has 9 rings (SSSR count). The number of phenolic OH excluding ortho intramolecular Hbond substituents is 8. The van der Waals surface area contributed by atoms with Gasteiger partial charge in [-0.25, -0.2) is 0 Å². The Bertz CT molecular complexity index is 2930. The first-order valence-corrected chi connectivity index (χ1v) is 17.0. The Morgan fingerprint density at radius 3 is 1.30 bits per heavy atom. The van der Waals surface area contributed by atoms with Crippen LogP contribution < -0.4 is 5.46 Å². The lowest BCUT2D eigenvalue weighted by molar-refractivity contribution is 0.378. The van der Waals surface area contributed by atoms with E-state index in [0.29, 0.717) is 65.7 Å². The van der Waals surface area contributed by atoms with Crippen LogP contribution >= 0.6 is 0 Å². The fourth-order valence-corrected chi connectivity index (χ4v) is 7.84. The van der Waals surface area contributed by atoms with Gasteiger partial charge in [0, 0.05) is 27.4 Å². The van der Waals surface area contributed by atoms with Crippen molar-refractivity contribution in [1.82, 2.24) is 0 Å². The van der Waals surface area contributed by atoms with Crippen molar-refractivity contribution in [3.63, 3.8) is 0 Å². The summed E-state index contributed by atoms with van der Waals surface area (Å²) >= 11 is 0. The van der Waals surface area contributed by atoms with Gasteiger partial charge in [0.1, 0.15) is 19.0 Å². The molecule has 0 amide bonds. The van der Waals surface area contributed by atoms with Gasteiger partial charge in [-0.15, -0.1) is 0 Å². The Hall–Kier alpha value is -7.46. The molecule has 1 heterocycles. The monoisotopic (exact) mass is 712 g/mol. The number of rotatable bonds is 4. The molecule has 54 heavy (non-hydrogen) atoms. The highest BCUT2D eigenvalue weighted by atomic mass is 16.3. The molecule has 0 unspecified atom stereocenters. The maximum atomic E-state index is 11.7. The van der Waals surface area contributed by atoms with E-state index in [0.717, 1.165) is 0 Å². The van der Waals surface area contributed by atoms with E-state index in [1.54, 1.807) is 66.7 Å². The number of fused-ring (bicyclic) bond motifs is 5. The maximum Gasteiger partial charge on any atom is 0.170 e. The minimum atomic E-state index is -0.642. The van der Waals surface area contributed by atoms with Crippen molar-refractivity contribution in [2.24, 2.45) is 0 Å². The summed E-state index contributed by atoms with van der Waals surface area (Å²) in [5.41, 5.74) is 2.41. The Balaban J connectivity index is 1.49. The molecule has 0 spiro atoms. The highest BCUT2D eigenvalue weighted by molar-refractivity contribution is 6.37. The van der Waals surface area contributed by atoms with Crippen LogP contribution in [0.5, 0.6) is 46.0 Å². The van der Waals surface area contributed by atoms with E-state index in [1.165, 1.54) is 7.85 Å². The molecule has 9 aromatic rings. The van der Waals surface area contributed by atoms with Gasteiger partial charge in [0.05, 0.1) is 16.7 Å². The minimum absolute atomic E-state index is 0.102. The maximum absolute atomic E-state index is 11.7. The molecule has 8 aromatic carbocycles. The van der Waals surface area contributed by atoms with Crippen molar-refractivity contribution in [3.8, 4) is 90.5 Å². The number of phenols is 8. The number of furan rings is 1. The molecule has 0 atom stereocenters. The predicted molar refractivity (Wildman–Crippen MR) is 212 cm³/mol. The molecule has 0 fully saturated rings. The van der Waals surface area contributed by atoms with Crippen LogP contribution in [0.1, 0.15) is 0 Å². The Labute approximate surface area is 307 Å². The molecule has 0 saturated carbocycles. The number of benzene rings is 8. The molecule has 0 radical (unpaired) electrons. The van der Waals surface area contributed by atoms with E-state index >= 15 is 0 Å². The molecule has 262 valence electrons. The number of hydrogen-bond acceptors (Lipinski definition) is 9. The van der Waals surface area contributed by atoms with Gasteiger partial charge >= 0.3 is 0 Å². The van der Waals surface area contributed by atoms with Crippen molar-refractivity contribution >= 4 is 56.8 Å². The quantitative estimate of drug-likeness (QED) is 0.0385. The summed E-state index contributed by atoms with van der Waals surface area (Å²) in [6.45, 7) is 0. The van der Waals surface area contributed by atoms with Crippen LogP contribution in [-0.2, 0) is 0 Å². The van der Waals surface area contributed by atoms with Gasteiger partial charge in [-0.05, 0) is 56.4 Å². The van der Waals surface area contributed by atoms with E-state index in [9.17, 15) is 40.9 Å². The van der Waals surface area contributed by atoms with Crippen LogP contribution in [0.25, 0.3) is 88.0 Å². The second-order valence-electron chi connectivity index (χ2n) is 13.2. The fraction of sp³-hybridized carbons (Fsp3) is 0. The third-order valence-electron chi connectivity index (χ3n) is 10.3. The Kier molecular flexibility index (Phi) is 7.09. The van der Waals surface area contributed by atoms with E-state index in [1.807, 2.05) is 48.5 Å². The lowest BCUT2D eigenvalue weighted by atomic mass is 9.80. The first-order chi connectivity index (χ1) is 26.1. The molecule has 0 saturated heterocycles. The molecule has 1 aromatic heterocycles. The molecule has 0 aliphatic rings. The topological polar surface area (TPSA) is 175 Å². The summed E-state index contributed by atoms with van der Waals surface area (Å²) in [5.74, 6) is -5.00. The standard InChI is InChI=1S/C44H29BO9/c45-36-43(52)39(48)34(40(49)44(36)53)26-18-19-28-32(25-16-8-9-17-27(25)54-28)33(26)30-21-12-4-6-14-23(21)31(24-15-7-5-13-22(24)30)35-41(50)37(46)29(38(47)42(35)51)20-10-2-1-3-11-20/h1-19,46-53H,45H2. The molecule has 0 aliphatic carbocycles. The van der Waals surface area contributed by atoms with E-state index < -0.39 is 46.0 Å². The van der Waals surface area contributed by atoms with Crippen molar-refractivity contribution in [3.05, 3.63) is 115 Å². The highest BCUT2D eigenvalue weighted by Gasteiger charge is 2.31. The summed E-state index contributed by atoms with van der Waals surface area (Å²) in [4.78, 5) is 0. The average molecular weight is 713 g/mol. The van der Waals surface area contributed by atoms with Gasteiger partial charge in [-0.1, -0.05) is 97.1 Å². The lowest BCUT2D eigenvalue weighted by Crippen LogP contribution is -2.05. The smallest absolute Gasteiger partial charge is 0.170 e. The normalized spacial score (nSPS) is 11.6. The van der Waals surface area contributed by atoms with Gasteiger partial charge in [0.2, 0.25) is 0 Å². The largest absolute Gasteiger partial charge is 0.505 e. The lowest BCUT2D eigenvalue weighted by Gasteiger charge is -2.23. The van der Waals surface area contributed by atoms with Gasteiger partial charge in [-0.3, -0.25) is 0 Å². The van der Waals surface area contributed by atoms with Gasteiger partial charge in [0.25, 0.3) is 0 Å². The average Bonchev–Trinajstić information content (AvgIpc) is 3.58. The van der Waals surface area contributed by atoms with Crippen LogP contribution in [0.3, 0.4) is 0 Å². The van der Waals surface area contributed by atoms with Crippen molar-refractivity contribution < 1.29 is 45.3 Å². The van der Waals surface area contributed by atoms with Crippen LogP contribution in [0.2, 0.25) is 0 Å². The summed E-state index contributed by atoms with van der Waals surface area (Å²) in [5, 5.41) is 94.5. The fourth-order valence-electron chi connectivity index (χ4n) is 7.84. The third kappa shape index (κ3) is 4.40. The molecule has 8 N–H and O–H groups in total. The van der Waals surface area contributed by atoms with E-state index in [4.69, 9.17) is 4.42 Å². The zero-order valence-electron chi connectivity index (χ0n) is 28.5. The molecule has 10 heteroatoms. The SMILES string of the molecule is Bc1c(O)c(O)c(-c2ccc3oc4ccccc4c3c2-c2c3ccccc3c(-c3c(O)c(O)c(-c4ccccc4)c(O)c3O)c3ccccc23)c(O)c1O. The molecular formula is C44H29BO9. The van der Waals surface area contributed by atoms with Crippen molar-refractivity contribution in [2.75, 3.05) is 0 Å². The Morgan fingerprint density at radius 2 is 0.759 bits per heavy atom. The van der Waals surface area contributed by atoms with E-state index in [-0.39, 0.29) is 27.7 Å².